The molecule has 0 spiro atoms. The van der Waals surface area contributed by atoms with Crippen LogP contribution in [0.5, 0.6) is 0 Å². The van der Waals surface area contributed by atoms with Crippen LogP contribution in [0.15, 0.2) is 82.5 Å². The molecule has 2 aromatic heterocycles. The number of terminal acetylenes is 1. The molecule has 2 heterocycles. The lowest BCUT2D eigenvalue weighted by Crippen LogP contribution is -2.19. The summed E-state index contributed by atoms with van der Waals surface area (Å²) in [4.78, 5) is 40.5. The van der Waals surface area contributed by atoms with E-state index < -0.39 is 17.2 Å². The van der Waals surface area contributed by atoms with Crippen LogP contribution in [0.2, 0.25) is 0 Å². The molecule has 0 bridgehead atoms. The van der Waals surface area contributed by atoms with Crippen LogP contribution in [-0.2, 0) is 6.54 Å². The Balaban J connectivity index is 1.86. The fourth-order valence-electron chi connectivity index (χ4n) is 3.53. The van der Waals surface area contributed by atoms with Gasteiger partial charge in [-0.3, -0.25) is 14.4 Å². The maximum absolute atomic E-state index is 14.0. The molecule has 0 saturated carbocycles. The van der Waals surface area contributed by atoms with Crippen LogP contribution in [0, 0.1) is 18.2 Å². The van der Waals surface area contributed by atoms with Crippen molar-refractivity contribution in [3.8, 4) is 23.5 Å². The molecule has 0 aliphatic carbocycles. The topological polar surface area (TPSA) is 71.9 Å². The van der Waals surface area contributed by atoms with Gasteiger partial charge < -0.3 is 9.55 Å². The highest BCUT2D eigenvalue weighted by molar-refractivity contribution is 6.15. The predicted octanol–water partition coefficient (Wildman–Crippen LogP) is 4.03. The van der Waals surface area contributed by atoms with Gasteiger partial charge in [0.05, 0.1) is 12.1 Å². The summed E-state index contributed by atoms with van der Waals surface area (Å²) in [5.41, 5.74) is 1.04. The third-order valence-electron chi connectivity index (χ3n) is 4.98. The first-order valence-electron chi connectivity index (χ1n) is 9.75. The molecule has 0 saturated heterocycles. The normalized spacial score (nSPS) is 11.0. The monoisotopic (exact) mass is 424 g/mol. The standard InChI is InChI=1S/C26H17FN2O3/c1-2-14-29-16-17(9-13-23(29)31)8-12-22(30)25-24(18-6-4-3-5-7-18)20-15-19(27)10-11-21(20)28-26(25)32/h1,3-13,15-16H,14H2,(H,28,32)/b12-8+. The van der Waals surface area contributed by atoms with E-state index in [1.807, 2.05) is 6.07 Å². The van der Waals surface area contributed by atoms with Gasteiger partial charge in [-0.15, -0.1) is 6.42 Å². The summed E-state index contributed by atoms with van der Waals surface area (Å²) in [5.74, 6) is 1.36. The van der Waals surface area contributed by atoms with Gasteiger partial charge in [0.15, 0.2) is 5.78 Å². The molecule has 32 heavy (non-hydrogen) atoms. The minimum Gasteiger partial charge on any atom is -0.321 e. The van der Waals surface area contributed by atoms with Crippen LogP contribution in [-0.4, -0.2) is 15.3 Å². The zero-order valence-corrected chi connectivity index (χ0v) is 16.8. The van der Waals surface area contributed by atoms with Crippen molar-refractivity contribution in [3.63, 3.8) is 0 Å². The summed E-state index contributed by atoms with van der Waals surface area (Å²) in [6, 6.07) is 15.8. The summed E-state index contributed by atoms with van der Waals surface area (Å²) < 4.78 is 15.4. The van der Waals surface area contributed by atoms with Gasteiger partial charge in [0.1, 0.15) is 5.82 Å². The third kappa shape index (κ3) is 4.05. The number of aromatic nitrogens is 2. The van der Waals surface area contributed by atoms with Crippen molar-refractivity contribution in [3.05, 3.63) is 111 Å². The molecule has 0 unspecified atom stereocenters. The second-order valence-electron chi connectivity index (χ2n) is 7.09. The SMILES string of the molecule is C#CCn1cc(/C=C/C(=O)c2c(-c3ccccc3)c3cc(F)ccc3[nH]c2=O)ccc1=O. The number of carbonyl (C=O) groups excluding carboxylic acids is 1. The zero-order valence-electron chi connectivity index (χ0n) is 16.8. The Morgan fingerprint density at radius 3 is 2.62 bits per heavy atom. The number of hydrogen-bond donors (Lipinski definition) is 1. The summed E-state index contributed by atoms with van der Waals surface area (Å²) in [5, 5.41) is 0.426. The number of nitrogens with one attached hydrogen (secondary N) is 1. The van der Waals surface area contributed by atoms with E-state index in [2.05, 4.69) is 10.9 Å². The minimum atomic E-state index is -0.574. The van der Waals surface area contributed by atoms with Gasteiger partial charge in [-0.05, 0) is 47.5 Å². The first-order valence-corrected chi connectivity index (χ1v) is 9.75. The first-order chi connectivity index (χ1) is 15.5. The Bertz CT molecular complexity index is 1520. The van der Waals surface area contributed by atoms with Crippen molar-refractivity contribution in [2.75, 3.05) is 0 Å². The molecule has 0 fully saturated rings. The van der Waals surface area contributed by atoms with Gasteiger partial charge >= 0.3 is 0 Å². The van der Waals surface area contributed by atoms with Crippen LogP contribution in [0.4, 0.5) is 4.39 Å². The lowest BCUT2D eigenvalue weighted by atomic mass is 9.94. The Morgan fingerprint density at radius 2 is 1.88 bits per heavy atom. The lowest BCUT2D eigenvalue weighted by Gasteiger charge is -2.11. The largest absolute Gasteiger partial charge is 0.321 e. The molecular weight excluding hydrogens is 407 g/mol. The molecule has 4 rings (SSSR count). The molecule has 156 valence electrons. The molecule has 0 radical (unpaired) electrons. The van der Waals surface area contributed by atoms with E-state index in [4.69, 9.17) is 6.42 Å². The van der Waals surface area contributed by atoms with Gasteiger partial charge in [-0.1, -0.05) is 36.3 Å². The third-order valence-corrected chi connectivity index (χ3v) is 4.98. The predicted molar refractivity (Wildman–Crippen MR) is 123 cm³/mol. The number of aromatic amines is 1. The number of benzene rings is 2. The van der Waals surface area contributed by atoms with Crippen molar-refractivity contribution in [2.45, 2.75) is 6.54 Å². The summed E-state index contributed by atoms with van der Waals surface area (Å²) in [6.45, 7) is 0.0997. The molecule has 0 aliphatic rings. The maximum Gasteiger partial charge on any atom is 0.260 e. The van der Waals surface area contributed by atoms with Crippen LogP contribution in [0.25, 0.3) is 28.1 Å². The van der Waals surface area contributed by atoms with Crippen molar-refractivity contribution >= 4 is 22.8 Å². The highest BCUT2D eigenvalue weighted by atomic mass is 19.1. The van der Waals surface area contributed by atoms with E-state index in [9.17, 15) is 18.8 Å². The van der Waals surface area contributed by atoms with Crippen LogP contribution >= 0.6 is 0 Å². The van der Waals surface area contributed by atoms with E-state index in [1.54, 1.807) is 30.3 Å². The number of carbonyl (C=O) groups is 1. The number of allylic oxidation sites excluding steroid dienone is 1. The van der Waals surface area contributed by atoms with Gasteiger partial charge in [-0.25, -0.2) is 4.39 Å². The van der Waals surface area contributed by atoms with Gasteiger partial charge in [0.25, 0.3) is 11.1 Å². The second-order valence-corrected chi connectivity index (χ2v) is 7.09. The fraction of sp³-hybridized carbons (Fsp3) is 0.0385. The first kappa shape index (κ1) is 20.8. The number of H-pyrrole nitrogens is 1. The average molecular weight is 424 g/mol. The van der Waals surface area contributed by atoms with Gasteiger partial charge in [0, 0.05) is 28.7 Å². The average Bonchev–Trinajstić information content (AvgIpc) is 2.79. The summed E-state index contributed by atoms with van der Waals surface area (Å²) in [6.07, 6.45) is 9.56. The second kappa shape index (κ2) is 8.70. The quantitative estimate of drug-likeness (QED) is 0.299. The molecule has 1 N–H and O–H groups in total. The van der Waals surface area contributed by atoms with E-state index in [0.29, 0.717) is 27.6 Å². The Morgan fingerprint density at radius 1 is 1.09 bits per heavy atom. The van der Waals surface area contributed by atoms with Gasteiger partial charge in [-0.2, -0.15) is 0 Å². The van der Waals surface area contributed by atoms with Crippen LogP contribution < -0.4 is 11.1 Å². The molecular formula is C26H17FN2O3. The summed E-state index contributed by atoms with van der Waals surface area (Å²) >= 11 is 0. The minimum absolute atomic E-state index is 0.0949. The molecule has 0 aliphatic heterocycles. The van der Waals surface area contributed by atoms with Crippen molar-refractivity contribution in [2.24, 2.45) is 0 Å². The number of ketones is 1. The summed E-state index contributed by atoms with van der Waals surface area (Å²) in [7, 11) is 0. The molecule has 6 heteroatoms. The number of halogens is 1. The molecule has 2 aromatic carbocycles. The molecule has 4 aromatic rings. The maximum atomic E-state index is 14.0. The number of hydrogen-bond acceptors (Lipinski definition) is 3. The number of nitrogens with zero attached hydrogens (tertiary/aromatic N) is 1. The highest BCUT2D eigenvalue weighted by Gasteiger charge is 2.19. The Hall–Kier alpha value is -4.50. The van der Waals surface area contributed by atoms with E-state index in [0.717, 1.165) is 0 Å². The lowest BCUT2D eigenvalue weighted by molar-refractivity contribution is 0.104. The van der Waals surface area contributed by atoms with Crippen molar-refractivity contribution in [1.29, 1.82) is 0 Å². The van der Waals surface area contributed by atoms with Crippen molar-refractivity contribution in [1.82, 2.24) is 9.55 Å². The van der Waals surface area contributed by atoms with Gasteiger partial charge in [0.2, 0.25) is 0 Å². The Kier molecular flexibility index (Phi) is 5.65. The highest BCUT2D eigenvalue weighted by Crippen LogP contribution is 2.30. The fourth-order valence-corrected chi connectivity index (χ4v) is 3.53. The van der Waals surface area contributed by atoms with Crippen molar-refractivity contribution < 1.29 is 9.18 Å². The molecule has 5 nitrogen and oxygen atoms in total. The number of fused-ring (bicyclic) bond motifs is 1. The Labute approximate surface area is 182 Å². The number of pyridine rings is 2. The van der Waals surface area contributed by atoms with E-state index >= 15 is 0 Å². The van der Waals surface area contributed by atoms with E-state index in [-0.39, 0.29) is 17.7 Å². The zero-order chi connectivity index (χ0) is 22.7. The van der Waals surface area contributed by atoms with E-state index in [1.165, 1.54) is 47.2 Å². The smallest absolute Gasteiger partial charge is 0.260 e. The number of rotatable bonds is 5. The molecule has 0 atom stereocenters. The van der Waals surface area contributed by atoms with Crippen LogP contribution in [0.3, 0.4) is 0 Å². The van der Waals surface area contributed by atoms with Crippen LogP contribution in [0.1, 0.15) is 15.9 Å². The molecule has 0 amide bonds.